The van der Waals surface area contributed by atoms with Gasteiger partial charge in [0, 0.05) is 18.5 Å². The SMILES string of the molecule is COc1ccccc1CC(C)NC(C)CC(N)=O. The number of para-hydroxylation sites is 1. The third-order valence-corrected chi connectivity index (χ3v) is 2.80. The van der Waals surface area contributed by atoms with E-state index in [-0.39, 0.29) is 18.0 Å². The van der Waals surface area contributed by atoms with Crippen LogP contribution in [0.2, 0.25) is 0 Å². The van der Waals surface area contributed by atoms with Crippen LogP contribution in [0.25, 0.3) is 0 Å². The molecule has 100 valence electrons. The van der Waals surface area contributed by atoms with Gasteiger partial charge >= 0.3 is 0 Å². The summed E-state index contributed by atoms with van der Waals surface area (Å²) in [7, 11) is 1.67. The molecule has 0 aliphatic carbocycles. The zero-order valence-corrected chi connectivity index (χ0v) is 11.3. The molecule has 2 unspecified atom stereocenters. The number of amides is 1. The van der Waals surface area contributed by atoms with Gasteiger partial charge in [-0.1, -0.05) is 18.2 Å². The van der Waals surface area contributed by atoms with Crippen molar-refractivity contribution in [1.29, 1.82) is 0 Å². The Labute approximate surface area is 109 Å². The number of nitrogens with two attached hydrogens (primary N) is 1. The maximum Gasteiger partial charge on any atom is 0.218 e. The Balaban J connectivity index is 2.53. The van der Waals surface area contributed by atoms with Crippen LogP contribution in [-0.4, -0.2) is 25.1 Å². The van der Waals surface area contributed by atoms with E-state index in [1.807, 2.05) is 25.1 Å². The van der Waals surface area contributed by atoms with Crippen molar-refractivity contribution in [2.24, 2.45) is 5.73 Å². The smallest absolute Gasteiger partial charge is 0.218 e. The molecule has 4 nitrogen and oxygen atoms in total. The van der Waals surface area contributed by atoms with E-state index in [2.05, 4.69) is 18.3 Å². The van der Waals surface area contributed by atoms with Gasteiger partial charge in [-0.25, -0.2) is 0 Å². The topological polar surface area (TPSA) is 64.3 Å². The minimum Gasteiger partial charge on any atom is -0.496 e. The van der Waals surface area contributed by atoms with E-state index in [9.17, 15) is 4.79 Å². The molecular weight excluding hydrogens is 228 g/mol. The van der Waals surface area contributed by atoms with Gasteiger partial charge in [0.2, 0.25) is 5.91 Å². The molecule has 18 heavy (non-hydrogen) atoms. The summed E-state index contributed by atoms with van der Waals surface area (Å²) < 4.78 is 5.31. The van der Waals surface area contributed by atoms with Gasteiger partial charge in [-0.15, -0.1) is 0 Å². The molecule has 0 aliphatic heterocycles. The molecule has 0 aliphatic rings. The van der Waals surface area contributed by atoms with Crippen LogP contribution >= 0.6 is 0 Å². The first kappa shape index (κ1) is 14.5. The minimum absolute atomic E-state index is 0.0900. The summed E-state index contributed by atoms with van der Waals surface area (Å²) in [5.41, 5.74) is 6.33. The molecule has 1 aromatic carbocycles. The third kappa shape index (κ3) is 4.75. The summed E-state index contributed by atoms with van der Waals surface area (Å²) in [6.07, 6.45) is 1.21. The fourth-order valence-corrected chi connectivity index (χ4v) is 2.11. The summed E-state index contributed by atoms with van der Waals surface area (Å²) in [6, 6.07) is 8.31. The number of hydrogen-bond acceptors (Lipinski definition) is 3. The van der Waals surface area contributed by atoms with Crippen LogP contribution in [0.15, 0.2) is 24.3 Å². The van der Waals surface area contributed by atoms with Crippen LogP contribution < -0.4 is 15.8 Å². The van der Waals surface area contributed by atoms with Crippen molar-refractivity contribution in [1.82, 2.24) is 5.32 Å². The van der Waals surface area contributed by atoms with Crippen LogP contribution in [0, 0.1) is 0 Å². The molecule has 0 radical (unpaired) electrons. The van der Waals surface area contributed by atoms with Gasteiger partial charge < -0.3 is 15.8 Å². The Morgan fingerprint density at radius 1 is 1.33 bits per heavy atom. The van der Waals surface area contributed by atoms with Crippen LogP contribution in [0.5, 0.6) is 5.75 Å². The second-order valence-corrected chi connectivity index (χ2v) is 4.66. The summed E-state index contributed by atoms with van der Waals surface area (Å²) in [4.78, 5) is 10.8. The molecule has 0 saturated heterocycles. The normalized spacial score (nSPS) is 13.9. The lowest BCUT2D eigenvalue weighted by molar-refractivity contribution is -0.118. The lowest BCUT2D eigenvalue weighted by Crippen LogP contribution is -2.38. The van der Waals surface area contributed by atoms with Gasteiger partial charge in [0.05, 0.1) is 7.11 Å². The molecule has 4 heteroatoms. The number of hydrogen-bond donors (Lipinski definition) is 2. The van der Waals surface area contributed by atoms with Crippen molar-refractivity contribution in [3.05, 3.63) is 29.8 Å². The highest BCUT2D eigenvalue weighted by Gasteiger charge is 2.12. The first-order valence-electron chi connectivity index (χ1n) is 6.19. The molecular formula is C14H22N2O2. The van der Waals surface area contributed by atoms with Gasteiger partial charge in [-0.2, -0.15) is 0 Å². The number of carbonyl (C=O) groups excluding carboxylic acids is 1. The van der Waals surface area contributed by atoms with Crippen LogP contribution in [0.1, 0.15) is 25.8 Å². The molecule has 1 amide bonds. The summed E-state index contributed by atoms with van der Waals surface area (Å²) in [6.45, 7) is 4.05. The Morgan fingerprint density at radius 2 is 2.00 bits per heavy atom. The lowest BCUT2D eigenvalue weighted by atomic mass is 10.0. The van der Waals surface area contributed by atoms with Crippen LogP contribution in [-0.2, 0) is 11.2 Å². The largest absolute Gasteiger partial charge is 0.496 e. The molecule has 2 atom stereocenters. The van der Waals surface area contributed by atoms with Crippen molar-refractivity contribution in [2.45, 2.75) is 38.8 Å². The predicted octanol–water partition coefficient (Wildman–Crippen LogP) is 1.48. The minimum atomic E-state index is -0.278. The summed E-state index contributed by atoms with van der Waals surface area (Å²) >= 11 is 0. The Kier molecular flexibility index (Phi) is 5.65. The number of primary amides is 1. The van der Waals surface area contributed by atoms with Crippen molar-refractivity contribution >= 4 is 5.91 Å². The molecule has 0 fully saturated rings. The highest BCUT2D eigenvalue weighted by Crippen LogP contribution is 2.18. The number of benzene rings is 1. The predicted molar refractivity (Wildman–Crippen MR) is 72.6 cm³/mol. The lowest BCUT2D eigenvalue weighted by Gasteiger charge is -2.20. The second-order valence-electron chi connectivity index (χ2n) is 4.66. The van der Waals surface area contributed by atoms with E-state index in [0.717, 1.165) is 17.7 Å². The van der Waals surface area contributed by atoms with Gasteiger partial charge in [0.25, 0.3) is 0 Å². The van der Waals surface area contributed by atoms with E-state index in [1.165, 1.54) is 0 Å². The molecule has 0 bridgehead atoms. The molecule has 1 rings (SSSR count). The quantitative estimate of drug-likeness (QED) is 0.770. The molecule has 0 aromatic heterocycles. The molecule has 1 aromatic rings. The first-order chi connectivity index (χ1) is 8.52. The Bertz CT molecular complexity index is 393. The van der Waals surface area contributed by atoms with Crippen LogP contribution in [0.4, 0.5) is 0 Å². The number of rotatable bonds is 7. The van der Waals surface area contributed by atoms with E-state index in [1.54, 1.807) is 7.11 Å². The average molecular weight is 250 g/mol. The molecule has 0 saturated carbocycles. The van der Waals surface area contributed by atoms with E-state index < -0.39 is 0 Å². The Morgan fingerprint density at radius 3 is 2.61 bits per heavy atom. The standard InChI is InChI=1S/C14H22N2O2/c1-10(16-11(2)9-14(15)17)8-12-6-4-5-7-13(12)18-3/h4-7,10-11,16H,8-9H2,1-3H3,(H2,15,17). The van der Waals surface area contributed by atoms with Crippen LogP contribution in [0.3, 0.4) is 0 Å². The second kappa shape index (κ2) is 7.01. The third-order valence-electron chi connectivity index (χ3n) is 2.80. The van der Waals surface area contributed by atoms with Gasteiger partial charge in [0.1, 0.15) is 5.75 Å². The van der Waals surface area contributed by atoms with Gasteiger partial charge in [-0.3, -0.25) is 4.79 Å². The first-order valence-corrected chi connectivity index (χ1v) is 6.19. The van der Waals surface area contributed by atoms with Crippen molar-refractivity contribution in [3.8, 4) is 5.75 Å². The van der Waals surface area contributed by atoms with E-state index in [0.29, 0.717) is 6.42 Å². The maximum atomic E-state index is 10.8. The van der Waals surface area contributed by atoms with E-state index in [4.69, 9.17) is 10.5 Å². The number of ether oxygens (including phenoxy) is 1. The van der Waals surface area contributed by atoms with E-state index >= 15 is 0 Å². The monoisotopic (exact) mass is 250 g/mol. The van der Waals surface area contributed by atoms with Crippen molar-refractivity contribution in [3.63, 3.8) is 0 Å². The highest BCUT2D eigenvalue weighted by molar-refractivity contribution is 5.74. The zero-order chi connectivity index (χ0) is 13.5. The molecule has 0 heterocycles. The number of carbonyl (C=O) groups is 1. The zero-order valence-electron chi connectivity index (χ0n) is 11.3. The van der Waals surface area contributed by atoms with Gasteiger partial charge in [0.15, 0.2) is 0 Å². The summed E-state index contributed by atoms with van der Waals surface area (Å²) in [5.74, 6) is 0.619. The molecule has 0 spiro atoms. The van der Waals surface area contributed by atoms with Crippen molar-refractivity contribution < 1.29 is 9.53 Å². The fourth-order valence-electron chi connectivity index (χ4n) is 2.11. The maximum absolute atomic E-state index is 10.8. The fraction of sp³-hybridized carbons (Fsp3) is 0.500. The average Bonchev–Trinajstić information content (AvgIpc) is 2.28. The number of nitrogens with one attached hydrogen (secondary N) is 1. The molecule has 3 N–H and O–H groups in total. The summed E-state index contributed by atoms with van der Waals surface area (Å²) in [5, 5.41) is 3.35. The highest BCUT2D eigenvalue weighted by atomic mass is 16.5. The van der Waals surface area contributed by atoms with Crippen molar-refractivity contribution in [2.75, 3.05) is 7.11 Å². The van der Waals surface area contributed by atoms with Gasteiger partial charge in [-0.05, 0) is 31.9 Å². The number of methoxy groups -OCH3 is 1. The Hall–Kier alpha value is -1.55.